The van der Waals surface area contributed by atoms with E-state index in [1.807, 2.05) is 29.2 Å². The summed E-state index contributed by atoms with van der Waals surface area (Å²) in [5.74, 6) is 0.628. The summed E-state index contributed by atoms with van der Waals surface area (Å²) < 4.78 is 0.792. The summed E-state index contributed by atoms with van der Waals surface area (Å²) in [7, 11) is 0. The molecule has 1 aliphatic carbocycles. The molecule has 1 aromatic heterocycles. The van der Waals surface area contributed by atoms with Crippen LogP contribution in [0.4, 0.5) is 0 Å². The van der Waals surface area contributed by atoms with E-state index in [-0.39, 0.29) is 41.6 Å². The highest BCUT2D eigenvalue weighted by atomic mass is 35.5. The number of hydrogen-bond acceptors (Lipinski definition) is 4. The standard InChI is InChI=1S/C27H34N4O3.ClH/c32-25(23-8-9-23)28-24(22-6-2-1-3-7-22)10-15-29-16-11-27(12-17-29)13-18-30(26(27)33)19-21-5-4-14-31(34)20-21;/h1-7,14,20,23-24H,8-13,15-19H2,(H,28,32);1H/t24-;/m0./s1. The van der Waals surface area contributed by atoms with Crippen molar-refractivity contribution in [2.24, 2.45) is 11.3 Å². The molecule has 1 aromatic carbocycles. The van der Waals surface area contributed by atoms with Crippen molar-refractivity contribution < 1.29 is 14.3 Å². The lowest BCUT2D eigenvalue weighted by atomic mass is 9.77. The van der Waals surface area contributed by atoms with Gasteiger partial charge in [0.2, 0.25) is 11.8 Å². The average molecular weight is 499 g/mol. The zero-order valence-corrected chi connectivity index (χ0v) is 20.9. The predicted molar refractivity (Wildman–Crippen MR) is 135 cm³/mol. The van der Waals surface area contributed by atoms with E-state index in [1.165, 1.54) is 6.20 Å². The Balaban J connectivity index is 0.00000289. The topological polar surface area (TPSA) is 79.6 Å². The number of piperidine rings is 1. The van der Waals surface area contributed by atoms with Gasteiger partial charge >= 0.3 is 0 Å². The molecule has 5 rings (SSSR count). The van der Waals surface area contributed by atoms with Gasteiger partial charge in [0.25, 0.3) is 0 Å². The number of amides is 2. The fourth-order valence-corrected chi connectivity index (χ4v) is 5.48. The molecule has 35 heavy (non-hydrogen) atoms. The maximum atomic E-state index is 13.3. The van der Waals surface area contributed by atoms with Crippen LogP contribution in [0.2, 0.25) is 0 Å². The molecule has 1 saturated carbocycles. The second kappa shape index (κ2) is 11.0. The van der Waals surface area contributed by atoms with E-state index in [9.17, 15) is 14.8 Å². The molecule has 0 bridgehead atoms. The van der Waals surface area contributed by atoms with E-state index in [0.717, 1.165) is 80.6 Å². The van der Waals surface area contributed by atoms with Gasteiger partial charge in [-0.1, -0.05) is 30.3 Å². The van der Waals surface area contributed by atoms with Crippen molar-refractivity contribution in [2.75, 3.05) is 26.2 Å². The zero-order chi connectivity index (χ0) is 23.5. The fraction of sp³-hybridized carbons (Fsp3) is 0.519. The molecule has 7 nitrogen and oxygen atoms in total. The fourth-order valence-electron chi connectivity index (χ4n) is 5.48. The van der Waals surface area contributed by atoms with Gasteiger partial charge in [-0.05, 0) is 63.2 Å². The van der Waals surface area contributed by atoms with E-state index < -0.39 is 0 Å². The number of halogens is 1. The third-order valence-corrected chi connectivity index (χ3v) is 7.82. The molecular weight excluding hydrogens is 464 g/mol. The number of likely N-dealkylation sites (tertiary alicyclic amines) is 2. The second-order valence-electron chi connectivity index (χ2n) is 10.2. The number of carbonyl (C=O) groups excluding carboxylic acids is 2. The van der Waals surface area contributed by atoms with Crippen molar-refractivity contribution in [3.8, 4) is 0 Å². The van der Waals surface area contributed by atoms with Crippen LogP contribution in [0.1, 0.15) is 55.7 Å². The van der Waals surface area contributed by atoms with Gasteiger partial charge < -0.3 is 20.3 Å². The van der Waals surface area contributed by atoms with Gasteiger partial charge in [0.15, 0.2) is 12.4 Å². The molecule has 2 aromatic rings. The molecule has 2 aliphatic heterocycles. The Morgan fingerprint density at radius 1 is 1.09 bits per heavy atom. The van der Waals surface area contributed by atoms with Crippen LogP contribution < -0.4 is 10.0 Å². The lowest BCUT2D eigenvalue weighted by molar-refractivity contribution is -0.605. The van der Waals surface area contributed by atoms with Crippen LogP contribution in [-0.2, 0) is 16.1 Å². The van der Waals surface area contributed by atoms with Crippen LogP contribution in [0.25, 0.3) is 0 Å². The minimum Gasteiger partial charge on any atom is -0.619 e. The molecule has 3 heterocycles. The Bertz CT molecular complexity index is 1020. The molecule has 2 saturated heterocycles. The quantitative estimate of drug-likeness (QED) is 0.447. The van der Waals surface area contributed by atoms with Crippen molar-refractivity contribution in [1.82, 2.24) is 15.1 Å². The van der Waals surface area contributed by atoms with Crippen LogP contribution in [0.15, 0.2) is 54.9 Å². The third-order valence-electron chi connectivity index (χ3n) is 7.82. The van der Waals surface area contributed by atoms with E-state index in [2.05, 4.69) is 22.3 Å². The Morgan fingerprint density at radius 2 is 1.80 bits per heavy atom. The number of carbonyl (C=O) groups is 2. The van der Waals surface area contributed by atoms with Crippen LogP contribution in [0.3, 0.4) is 0 Å². The second-order valence-corrected chi connectivity index (χ2v) is 10.2. The van der Waals surface area contributed by atoms with Crippen LogP contribution in [-0.4, -0.2) is 47.8 Å². The average Bonchev–Trinajstić information content (AvgIpc) is 3.67. The molecule has 3 aliphatic rings. The number of rotatable bonds is 8. The maximum Gasteiger partial charge on any atom is 0.229 e. The molecule has 188 valence electrons. The summed E-state index contributed by atoms with van der Waals surface area (Å²) in [6, 6.07) is 13.9. The van der Waals surface area contributed by atoms with Crippen LogP contribution >= 0.6 is 12.4 Å². The van der Waals surface area contributed by atoms with E-state index in [0.29, 0.717) is 6.54 Å². The number of nitrogens with one attached hydrogen (secondary N) is 1. The van der Waals surface area contributed by atoms with Crippen molar-refractivity contribution in [1.29, 1.82) is 0 Å². The van der Waals surface area contributed by atoms with Crippen molar-refractivity contribution in [3.05, 3.63) is 71.2 Å². The van der Waals surface area contributed by atoms with E-state index >= 15 is 0 Å². The maximum absolute atomic E-state index is 13.3. The molecule has 1 N–H and O–H groups in total. The van der Waals surface area contributed by atoms with Gasteiger partial charge in [-0.25, -0.2) is 0 Å². The summed E-state index contributed by atoms with van der Waals surface area (Å²) in [4.78, 5) is 30.1. The molecule has 3 fully saturated rings. The predicted octanol–water partition coefficient (Wildman–Crippen LogP) is 3.21. The molecule has 8 heteroatoms. The Hall–Kier alpha value is -2.64. The molecular formula is C27H35ClN4O3. The number of aromatic nitrogens is 1. The lowest BCUT2D eigenvalue weighted by Crippen LogP contribution is -2.45. The van der Waals surface area contributed by atoms with Crippen LogP contribution in [0, 0.1) is 16.5 Å². The third kappa shape index (κ3) is 5.96. The van der Waals surface area contributed by atoms with Gasteiger partial charge in [0.05, 0.1) is 18.0 Å². The zero-order valence-electron chi connectivity index (χ0n) is 20.1. The summed E-state index contributed by atoms with van der Waals surface area (Å²) >= 11 is 0. The first-order valence-electron chi connectivity index (χ1n) is 12.6. The first-order chi connectivity index (χ1) is 16.5. The molecule has 2 amide bonds. The smallest absolute Gasteiger partial charge is 0.229 e. The normalized spacial score (nSPS) is 20.5. The van der Waals surface area contributed by atoms with E-state index in [4.69, 9.17) is 0 Å². The van der Waals surface area contributed by atoms with Crippen molar-refractivity contribution in [3.63, 3.8) is 0 Å². The Labute approximate surface area is 213 Å². The van der Waals surface area contributed by atoms with Gasteiger partial charge in [-0.15, -0.1) is 12.4 Å². The summed E-state index contributed by atoms with van der Waals surface area (Å²) in [6.45, 7) is 3.99. The lowest BCUT2D eigenvalue weighted by Gasteiger charge is -2.38. The summed E-state index contributed by atoms with van der Waals surface area (Å²) in [5, 5.41) is 14.8. The Morgan fingerprint density at radius 3 is 2.49 bits per heavy atom. The van der Waals surface area contributed by atoms with Gasteiger partial charge in [-0.2, -0.15) is 4.73 Å². The highest BCUT2D eigenvalue weighted by Crippen LogP contribution is 2.42. The monoisotopic (exact) mass is 498 g/mol. The molecule has 0 radical (unpaired) electrons. The van der Waals surface area contributed by atoms with Gasteiger partial charge in [0.1, 0.15) is 0 Å². The summed E-state index contributed by atoms with van der Waals surface area (Å²) in [5.41, 5.74) is 1.78. The van der Waals surface area contributed by atoms with Crippen molar-refractivity contribution in [2.45, 2.75) is 51.1 Å². The van der Waals surface area contributed by atoms with Gasteiger partial charge in [-0.3, -0.25) is 9.59 Å². The number of nitrogens with zero attached hydrogens (tertiary/aromatic N) is 3. The first kappa shape index (κ1) is 25.5. The number of hydrogen-bond donors (Lipinski definition) is 1. The molecule has 0 unspecified atom stereocenters. The summed E-state index contributed by atoms with van der Waals surface area (Å²) in [6.07, 6.45) is 8.55. The highest BCUT2D eigenvalue weighted by Gasteiger charge is 2.48. The SMILES string of the molecule is Cl.O=C(N[C@@H](CCN1CCC2(CC1)CCN(Cc1ccc[n+]([O-])c1)C2=O)c1ccccc1)C1CC1. The highest BCUT2D eigenvalue weighted by molar-refractivity contribution is 5.85. The molecule has 1 spiro atoms. The first-order valence-corrected chi connectivity index (χ1v) is 12.6. The number of pyridine rings is 1. The van der Waals surface area contributed by atoms with E-state index in [1.54, 1.807) is 12.3 Å². The number of benzene rings is 1. The van der Waals surface area contributed by atoms with Crippen molar-refractivity contribution >= 4 is 24.2 Å². The molecule has 1 atom stereocenters. The Kier molecular flexibility index (Phi) is 7.97. The van der Waals surface area contributed by atoms with Gasteiger partial charge in [0, 0.05) is 30.6 Å². The van der Waals surface area contributed by atoms with Crippen LogP contribution in [0.5, 0.6) is 0 Å². The minimum absolute atomic E-state index is 0. The largest absolute Gasteiger partial charge is 0.619 e. The minimum atomic E-state index is -0.252.